The first kappa shape index (κ1) is 18.6. The van der Waals surface area contributed by atoms with Gasteiger partial charge in [0.1, 0.15) is 0 Å². The molecule has 3 nitrogen and oxygen atoms in total. The molecule has 124 valence electrons. The van der Waals surface area contributed by atoms with Crippen LogP contribution in [0.5, 0.6) is 0 Å². The molecule has 0 bridgehead atoms. The first-order chi connectivity index (χ1) is 9.83. The first-order valence-corrected chi connectivity index (χ1v) is 7.14. The van der Waals surface area contributed by atoms with E-state index in [0.717, 1.165) is 0 Å². The lowest BCUT2D eigenvalue weighted by molar-refractivity contribution is -0.120. The van der Waals surface area contributed by atoms with E-state index in [2.05, 4.69) is 4.18 Å². The summed E-state index contributed by atoms with van der Waals surface area (Å²) in [5.74, 6) is -2.27. The Morgan fingerprint density at radius 2 is 1.77 bits per heavy atom. The van der Waals surface area contributed by atoms with Gasteiger partial charge in [0.25, 0.3) is 0 Å². The fourth-order valence-electron chi connectivity index (χ4n) is 1.24. The van der Waals surface area contributed by atoms with Gasteiger partial charge in [-0.25, -0.2) is 0 Å². The molecule has 0 aromatic heterocycles. The Morgan fingerprint density at radius 3 is 2.23 bits per heavy atom. The first-order valence-electron chi connectivity index (χ1n) is 5.35. The fourth-order valence-corrected chi connectivity index (χ4v) is 1.94. The number of hydrogen-bond acceptors (Lipinski definition) is 3. The SMILES string of the molecule is O=S(=O)(OC(=CCc1cccc(Cl)c1)C(F)(F)F)C(F)(F)F. The molecule has 0 amide bonds. The zero-order valence-corrected chi connectivity index (χ0v) is 11.9. The van der Waals surface area contributed by atoms with E-state index >= 15 is 0 Å². The largest absolute Gasteiger partial charge is 0.534 e. The van der Waals surface area contributed by atoms with Crippen LogP contribution in [0, 0.1) is 0 Å². The van der Waals surface area contributed by atoms with Crippen LogP contribution in [0.2, 0.25) is 5.02 Å². The summed E-state index contributed by atoms with van der Waals surface area (Å²) >= 11 is 5.60. The minimum Gasteiger partial charge on any atom is -0.371 e. The fraction of sp³-hybridized carbons (Fsp3) is 0.273. The van der Waals surface area contributed by atoms with Gasteiger partial charge in [0.2, 0.25) is 5.76 Å². The molecule has 1 aromatic carbocycles. The zero-order valence-electron chi connectivity index (χ0n) is 10.4. The number of benzene rings is 1. The van der Waals surface area contributed by atoms with Crippen molar-refractivity contribution < 1.29 is 38.9 Å². The average molecular weight is 369 g/mol. The Labute approximate surface area is 126 Å². The summed E-state index contributed by atoms with van der Waals surface area (Å²) < 4.78 is 98.4. The van der Waals surface area contributed by atoms with Crippen LogP contribution in [-0.4, -0.2) is 20.1 Å². The molecule has 0 aliphatic carbocycles. The molecular formula is C11H7ClF6O3S. The topological polar surface area (TPSA) is 43.4 Å². The molecule has 0 N–H and O–H groups in total. The lowest BCUT2D eigenvalue weighted by atomic mass is 10.1. The molecule has 0 atom stereocenters. The van der Waals surface area contributed by atoms with Crippen molar-refractivity contribution in [2.24, 2.45) is 0 Å². The van der Waals surface area contributed by atoms with Crippen LogP contribution in [0.25, 0.3) is 0 Å². The van der Waals surface area contributed by atoms with Gasteiger partial charge in [-0.1, -0.05) is 23.7 Å². The Kier molecular flexibility index (Phi) is 5.39. The van der Waals surface area contributed by atoms with Gasteiger partial charge in [0.15, 0.2) is 0 Å². The van der Waals surface area contributed by atoms with Gasteiger partial charge in [-0.15, -0.1) is 0 Å². The van der Waals surface area contributed by atoms with Crippen molar-refractivity contribution in [3.05, 3.63) is 46.7 Å². The molecule has 0 saturated carbocycles. The number of hydrogen-bond donors (Lipinski definition) is 0. The van der Waals surface area contributed by atoms with Crippen molar-refractivity contribution in [2.75, 3.05) is 0 Å². The van der Waals surface area contributed by atoms with Gasteiger partial charge in [-0.3, -0.25) is 0 Å². The van der Waals surface area contributed by atoms with Crippen LogP contribution in [0.4, 0.5) is 26.3 Å². The summed E-state index contributed by atoms with van der Waals surface area (Å²) in [5, 5.41) is 0.197. The second-order valence-corrected chi connectivity index (χ2v) is 5.86. The van der Waals surface area contributed by atoms with E-state index in [4.69, 9.17) is 11.6 Å². The Balaban J connectivity index is 3.07. The molecule has 0 aliphatic rings. The smallest absolute Gasteiger partial charge is 0.371 e. The minimum atomic E-state index is -6.41. The second kappa shape index (κ2) is 6.37. The van der Waals surface area contributed by atoms with Crippen molar-refractivity contribution in [3.8, 4) is 0 Å². The number of alkyl halides is 6. The van der Waals surface area contributed by atoms with Gasteiger partial charge >= 0.3 is 21.8 Å². The second-order valence-electron chi connectivity index (χ2n) is 3.88. The maximum absolute atomic E-state index is 12.6. The third-order valence-electron chi connectivity index (χ3n) is 2.17. The van der Waals surface area contributed by atoms with E-state index < -0.39 is 34.0 Å². The molecule has 1 aromatic rings. The predicted octanol–water partition coefficient (Wildman–Crippen LogP) is 4.19. The molecule has 0 heterocycles. The van der Waals surface area contributed by atoms with E-state index in [-0.39, 0.29) is 16.7 Å². The van der Waals surface area contributed by atoms with Gasteiger partial charge in [-0.2, -0.15) is 34.8 Å². The average Bonchev–Trinajstić information content (AvgIpc) is 2.31. The molecule has 0 unspecified atom stereocenters. The Hall–Kier alpha value is -1.42. The third kappa shape index (κ3) is 5.09. The van der Waals surface area contributed by atoms with E-state index in [1.165, 1.54) is 24.3 Å². The van der Waals surface area contributed by atoms with Crippen LogP contribution in [0.15, 0.2) is 36.1 Å². The summed E-state index contributed by atoms with van der Waals surface area (Å²) in [6.07, 6.45) is -5.74. The van der Waals surface area contributed by atoms with Crippen molar-refractivity contribution in [1.29, 1.82) is 0 Å². The molecular weight excluding hydrogens is 362 g/mol. The molecule has 0 spiro atoms. The van der Waals surface area contributed by atoms with Crippen LogP contribution in [0.3, 0.4) is 0 Å². The highest BCUT2D eigenvalue weighted by Gasteiger charge is 2.51. The Bertz CT molecular complexity index is 663. The highest BCUT2D eigenvalue weighted by atomic mass is 35.5. The van der Waals surface area contributed by atoms with Gasteiger partial charge in [-0.05, 0) is 30.2 Å². The summed E-state index contributed by atoms with van der Waals surface area (Å²) in [6.45, 7) is 0. The molecule has 0 fully saturated rings. The van der Waals surface area contributed by atoms with Gasteiger partial charge < -0.3 is 4.18 Å². The Morgan fingerprint density at radius 1 is 1.18 bits per heavy atom. The van der Waals surface area contributed by atoms with E-state index in [0.29, 0.717) is 0 Å². The summed E-state index contributed by atoms with van der Waals surface area (Å²) in [4.78, 5) is 0. The maximum atomic E-state index is 12.6. The van der Waals surface area contributed by atoms with Crippen LogP contribution < -0.4 is 0 Å². The summed E-state index contributed by atoms with van der Waals surface area (Å²) in [5.41, 5.74) is -5.74. The van der Waals surface area contributed by atoms with Crippen molar-refractivity contribution in [3.63, 3.8) is 0 Å². The van der Waals surface area contributed by atoms with Gasteiger partial charge in [0, 0.05) is 5.02 Å². The molecule has 22 heavy (non-hydrogen) atoms. The van der Waals surface area contributed by atoms with Gasteiger partial charge in [0.05, 0.1) is 0 Å². The molecule has 0 saturated heterocycles. The highest BCUT2D eigenvalue weighted by Crippen LogP contribution is 2.33. The molecule has 1 rings (SSSR count). The monoisotopic (exact) mass is 368 g/mol. The summed E-state index contributed by atoms with van der Waals surface area (Å²) in [7, 11) is -6.41. The number of halogens is 7. The van der Waals surface area contributed by atoms with Crippen LogP contribution >= 0.6 is 11.6 Å². The zero-order chi connectivity index (χ0) is 17.2. The molecule has 11 heteroatoms. The third-order valence-corrected chi connectivity index (χ3v) is 3.38. The number of rotatable bonds is 4. The standard InChI is InChI=1S/C11H7ClF6O3S/c12-8-3-1-2-7(6-8)4-5-9(10(13,14)15)21-22(19,20)11(16,17)18/h1-3,5-6H,4H2. The molecule has 0 aliphatic heterocycles. The normalized spacial score (nSPS) is 14.0. The summed E-state index contributed by atoms with van der Waals surface area (Å²) in [6, 6.07) is 5.47. The number of allylic oxidation sites excluding steroid dienone is 2. The van der Waals surface area contributed by atoms with E-state index in [1.54, 1.807) is 0 Å². The lowest BCUT2D eigenvalue weighted by Gasteiger charge is -2.14. The van der Waals surface area contributed by atoms with Crippen molar-refractivity contribution in [1.82, 2.24) is 0 Å². The predicted molar refractivity (Wildman–Crippen MR) is 65.4 cm³/mol. The highest BCUT2D eigenvalue weighted by molar-refractivity contribution is 7.87. The maximum Gasteiger partial charge on any atom is 0.534 e. The van der Waals surface area contributed by atoms with Crippen molar-refractivity contribution >= 4 is 21.7 Å². The van der Waals surface area contributed by atoms with Crippen LogP contribution in [0.1, 0.15) is 5.56 Å². The van der Waals surface area contributed by atoms with Crippen molar-refractivity contribution in [2.45, 2.75) is 18.1 Å². The quantitative estimate of drug-likeness (QED) is 0.346. The lowest BCUT2D eigenvalue weighted by Crippen LogP contribution is -2.29. The minimum absolute atomic E-state index is 0.189. The molecule has 0 radical (unpaired) electrons. The van der Waals surface area contributed by atoms with E-state index in [9.17, 15) is 34.8 Å². The van der Waals surface area contributed by atoms with E-state index in [1.807, 2.05) is 0 Å². The van der Waals surface area contributed by atoms with Crippen LogP contribution in [-0.2, 0) is 20.7 Å².